The van der Waals surface area contributed by atoms with Crippen LogP contribution < -0.4 is 4.74 Å². The number of aromatic nitrogens is 1. The van der Waals surface area contributed by atoms with Crippen molar-refractivity contribution in [3.63, 3.8) is 0 Å². The fourth-order valence-corrected chi connectivity index (χ4v) is 5.12. The summed E-state index contributed by atoms with van der Waals surface area (Å²) in [6, 6.07) is 20.4. The first-order valence-corrected chi connectivity index (χ1v) is 12.9. The maximum Gasteiger partial charge on any atom is 0.295 e. The highest BCUT2D eigenvalue weighted by atomic mass is 16.5. The lowest BCUT2D eigenvalue weighted by Gasteiger charge is -2.25. The van der Waals surface area contributed by atoms with Crippen molar-refractivity contribution >= 4 is 28.4 Å². The SMILES string of the molecule is COc1ccc2[nH]cc(CCN3C(=O)C(=O)/C(=C(\O)c4ccc(C)cc4)C3c3ccc(C(C)C)cc3)c2c1. The second-order valence-electron chi connectivity index (χ2n) is 10.2. The number of carbonyl (C=O) groups excluding carboxylic acids is 2. The number of likely N-dealkylation sites (tertiary alicyclic amines) is 1. The monoisotopic (exact) mass is 508 g/mol. The smallest absolute Gasteiger partial charge is 0.295 e. The quantitative estimate of drug-likeness (QED) is 0.175. The molecule has 1 aromatic heterocycles. The zero-order valence-electron chi connectivity index (χ0n) is 22.1. The summed E-state index contributed by atoms with van der Waals surface area (Å²) in [7, 11) is 1.63. The van der Waals surface area contributed by atoms with Crippen LogP contribution in [-0.4, -0.2) is 40.3 Å². The van der Waals surface area contributed by atoms with Gasteiger partial charge >= 0.3 is 0 Å². The number of fused-ring (bicyclic) bond motifs is 1. The van der Waals surface area contributed by atoms with Crippen LogP contribution in [0.5, 0.6) is 5.75 Å². The maximum absolute atomic E-state index is 13.4. The molecule has 1 amide bonds. The highest BCUT2D eigenvalue weighted by molar-refractivity contribution is 6.46. The number of H-pyrrole nitrogens is 1. The van der Waals surface area contributed by atoms with E-state index in [1.54, 1.807) is 24.1 Å². The molecule has 4 aromatic rings. The van der Waals surface area contributed by atoms with Crippen LogP contribution in [0.1, 0.15) is 53.6 Å². The molecule has 5 rings (SSSR count). The van der Waals surface area contributed by atoms with E-state index in [1.165, 1.54) is 0 Å². The molecule has 1 unspecified atom stereocenters. The number of carbonyl (C=O) groups is 2. The van der Waals surface area contributed by atoms with E-state index in [0.29, 0.717) is 24.4 Å². The van der Waals surface area contributed by atoms with Gasteiger partial charge in [0.05, 0.1) is 18.7 Å². The summed E-state index contributed by atoms with van der Waals surface area (Å²) in [6.45, 7) is 6.51. The molecule has 0 aliphatic carbocycles. The molecule has 2 N–H and O–H groups in total. The van der Waals surface area contributed by atoms with Gasteiger partial charge in [0.25, 0.3) is 11.7 Å². The number of hydrogen-bond donors (Lipinski definition) is 2. The molecule has 3 aromatic carbocycles. The number of aliphatic hydroxyl groups is 1. The summed E-state index contributed by atoms with van der Waals surface area (Å²) in [6.07, 6.45) is 2.46. The second kappa shape index (κ2) is 10.2. The molecule has 194 valence electrons. The van der Waals surface area contributed by atoms with Gasteiger partial charge in [-0.05, 0) is 54.2 Å². The van der Waals surface area contributed by atoms with Gasteiger partial charge in [-0.2, -0.15) is 0 Å². The number of aryl methyl sites for hydroxylation is 1. The van der Waals surface area contributed by atoms with Crippen molar-refractivity contribution in [3.8, 4) is 5.75 Å². The van der Waals surface area contributed by atoms with Gasteiger partial charge in [-0.1, -0.05) is 67.9 Å². The van der Waals surface area contributed by atoms with E-state index in [4.69, 9.17) is 4.74 Å². The Balaban J connectivity index is 1.55. The van der Waals surface area contributed by atoms with Crippen molar-refractivity contribution in [3.05, 3.63) is 106 Å². The van der Waals surface area contributed by atoms with Crippen molar-refractivity contribution in [2.45, 2.75) is 39.2 Å². The average molecular weight is 509 g/mol. The Labute approximate surface area is 222 Å². The number of methoxy groups -OCH3 is 1. The minimum absolute atomic E-state index is 0.122. The highest BCUT2D eigenvalue weighted by Crippen LogP contribution is 2.40. The van der Waals surface area contributed by atoms with Crippen LogP contribution in [0, 0.1) is 6.92 Å². The molecule has 6 nitrogen and oxygen atoms in total. The number of aliphatic hydroxyl groups excluding tert-OH is 1. The lowest BCUT2D eigenvalue weighted by molar-refractivity contribution is -0.139. The van der Waals surface area contributed by atoms with Crippen molar-refractivity contribution in [1.29, 1.82) is 0 Å². The summed E-state index contributed by atoms with van der Waals surface area (Å²) in [5, 5.41) is 12.3. The first kappa shape index (κ1) is 25.3. The van der Waals surface area contributed by atoms with E-state index in [2.05, 4.69) is 18.8 Å². The summed E-state index contributed by atoms with van der Waals surface area (Å²) < 4.78 is 5.39. The molecule has 0 saturated carbocycles. The van der Waals surface area contributed by atoms with Gasteiger partial charge in [-0.15, -0.1) is 0 Å². The molecule has 2 heterocycles. The van der Waals surface area contributed by atoms with Crippen molar-refractivity contribution in [2.24, 2.45) is 0 Å². The van der Waals surface area contributed by atoms with Crippen LogP contribution in [-0.2, 0) is 16.0 Å². The zero-order valence-corrected chi connectivity index (χ0v) is 22.1. The van der Waals surface area contributed by atoms with Gasteiger partial charge in [-0.25, -0.2) is 0 Å². The number of nitrogens with one attached hydrogen (secondary N) is 1. The predicted molar refractivity (Wildman–Crippen MR) is 149 cm³/mol. The lowest BCUT2D eigenvalue weighted by atomic mass is 9.93. The lowest BCUT2D eigenvalue weighted by Crippen LogP contribution is -2.31. The molecule has 1 aliphatic heterocycles. The normalized spacial score (nSPS) is 17.1. The molecule has 0 spiro atoms. The van der Waals surface area contributed by atoms with E-state index >= 15 is 0 Å². The molecule has 1 atom stereocenters. The van der Waals surface area contributed by atoms with E-state index in [1.807, 2.05) is 67.7 Å². The second-order valence-corrected chi connectivity index (χ2v) is 10.2. The standard InChI is InChI=1S/C32H32N2O4/c1-19(2)21-9-11-22(12-10-21)29-28(30(35)23-7-5-20(3)6-8-23)31(36)32(37)34(29)16-15-24-18-33-27-14-13-25(38-4)17-26(24)27/h5-14,17-19,29,33,35H,15-16H2,1-4H3/b30-28-. The average Bonchev–Trinajstić information content (AvgIpc) is 3.44. The number of ether oxygens (including phenoxy) is 1. The molecule has 1 saturated heterocycles. The number of Topliss-reactive ketones (excluding diaryl/α,β-unsaturated/α-hetero) is 1. The van der Waals surface area contributed by atoms with Crippen LogP contribution in [0.3, 0.4) is 0 Å². The van der Waals surface area contributed by atoms with Gasteiger partial charge in [0.1, 0.15) is 11.5 Å². The third-order valence-corrected chi connectivity index (χ3v) is 7.38. The first-order chi connectivity index (χ1) is 18.3. The summed E-state index contributed by atoms with van der Waals surface area (Å²) in [5.74, 6) is -0.319. The van der Waals surface area contributed by atoms with Crippen LogP contribution >= 0.6 is 0 Å². The topological polar surface area (TPSA) is 82.6 Å². The van der Waals surface area contributed by atoms with Crippen LogP contribution in [0.25, 0.3) is 16.7 Å². The van der Waals surface area contributed by atoms with Crippen molar-refractivity contribution in [1.82, 2.24) is 9.88 Å². The van der Waals surface area contributed by atoms with E-state index in [-0.39, 0.29) is 11.3 Å². The van der Waals surface area contributed by atoms with E-state index < -0.39 is 17.7 Å². The third-order valence-electron chi connectivity index (χ3n) is 7.38. The fraction of sp³-hybridized carbons (Fsp3) is 0.250. The largest absolute Gasteiger partial charge is 0.507 e. The van der Waals surface area contributed by atoms with Crippen LogP contribution in [0.15, 0.2) is 78.5 Å². The first-order valence-electron chi connectivity index (χ1n) is 12.9. The van der Waals surface area contributed by atoms with E-state index in [0.717, 1.165) is 38.9 Å². The Kier molecular flexibility index (Phi) is 6.81. The predicted octanol–water partition coefficient (Wildman–Crippen LogP) is 6.27. The Hall–Kier alpha value is -4.32. The van der Waals surface area contributed by atoms with Crippen molar-refractivity contribution in [2.75, 3.05) is 13.7 Å². The minimum atomic E-state index is -0.683. The van der Waals surface area contributed by atoms with Gasteiger partial charge in [0.15, 0.2) is 0 Å². The Bertz CT molecular complexity index is 1530. The zero-order chi connectivity index (χ0) is 27.0. The maximum atomic E-state index is 13.4. The molecule has 38 heavy (non-hydrogen) atoms. The summed E-state index contributed by atoms with van der Waals surface area (Å²) >= 11 is 0. The molecule has 0 bridgehead atoms. The molecular weight excluding hydrogens is 476 g/mol. The van der Waals surface area contributed by atoms with Crippen LogP contribution in [0.4, 0.5) is 0 Å². The minimum Gasteiger partial charge on any atom is -0.507 e. The van der Waals surface area contributed by atoms with Gasteiger partial charge in [-0.3, -0.25) is 9.59 Å². The summed E-state index contributed by atoms with van der Waals surface area (Å²) in [4.78, 5) is 31.6. The van der Waals surface area contributed by atoms with Crippen LogP contribution in [0.2, 0.25) is 0 Å². The number of rotatable bonds is 7. The number of amides is 1. The number of ketones is 1. The number of hydrogen-bond acceptors (Lipinski definition) is 4. The van der Waals surface area contributed by atoms with E-state index in [9.17, 15) is 14.7 Å². The van der Waals surface area contributed by atoms with Crippen molar-refractivity contribution < 1.29 is 19.4 Å². The Morgan fingerprint density at radius 3 is 2.39 bits per heavy atom. The molecule has 1 fully saturated rings. The Morgan fingerprint density at radius 2 is 1.74 bits per heavy atom. The molecular formula is C32H32N2O4. The van der Waals surface area contributed by atoms with Gasteiger partial charge < -0.3 is 19.7 Å². The molecule has 0 radical (unpaired) electrons. The molecule has 1 aliphatic rings. The fourth-order valence-electron chi connectivity index (χ4n) is 5.12. The highest BCUT2D eigenvalue weighted by Gasteiger charge is 2.45. The summed E-state index contributed by atoms with van der Waals surface area (Å²) in [5.41, 5.74) is 5.63. The molecule has 6 heteroatoms. The number of aromatic amines is 1. The Morgan fingerprint density at radius 1 is 1.03 bits per heavy atom. The third kappa shape index (κ3) is 4.58. The van der Waals surface area contributed by atoms with Gasteiger partial charge in [0.2, 0.25) is 0 Å². The number of nitrogens with zero attached hydrogens (tertiary/aromatic N) is 1. The number of benzene rings is 3. The van der Waals surface area contributed by atoms with Gasteiger partial charge in [0, 0.05) is 29.2 Å².